The van der Waals surface area contributed by atoms with Crippen LogP contribution in [0, 0.1) is 11.6 Å². The van der Waals surface area contributed by atoms with Crippen molar-refractivity contribution in [3.8, 4) is 0 Å². The first-order valence-electron chi connectivity index (χ1n) is 4.78. The molecule has 2 N–H and O–H groups in total. The van der Waals surface area contributed by atoms with Crippen molar-refractivity contribution in [3.63, 3.8) is 0 Å². The van der Waals surface area contributed by atoms with E-state index < -0.39 is 23.0 Å². The van der Waals surface area contributed by atoms with Gasteiger partial charge in [0.2, 0.25) is 5.78 Å². The van der Waals surface area contributed by atoms with Crippen molar-refractivity contribution >= 4 is 11.5 Å². The summed E-state index contributed by atoms with van der Waals surface area (Å²) in [6, 6.07) is 2.02. The predicted molar refractivity (Wildman–Crippen MR) is 57.4 cm³/mol. The van der Waals surface area contributed by atoms with E-state index in [-0.39, 0.29) is 11.5 Å². The Hall–Kier alpha value is -2.24. The molecule has 17 heavy (non-hydrogen) atoms. The molecule has 0 radical (unpaired) electrons. The van der Waals surface area contributed by atoms with Crippen LogP contribution in [0.4, 0.5) is 14.5 Å². The molecule has 2 rings (SSSR count). The number of carbonyl (C=O) groups excluding carboxylic acids is 1. The van der Waals surface area contributed by atoms with Crippen molar-refractivity contribution < 1.29 is 13.6 Å². The average Bonchev–Trinajstić information content (AvgIpc) is 2.70. The summed E-state index contributed by atoms with van der Waals surface area (Å²) in [5.74, 6) is -2.89. The second kappa shape index (κ2) is 3.97. The van der Waals surface area contributed by atoms with Gasteiger partial charge in [-0.05, 0) is 12.1 Å². The van der Waals surface area contributed by atoms with Gasteiger partial charge in [-0.15, -0.1) is 0 Å². The third-order valence-electron chi connectivity index (χ3n) is 2.37. The highest BCUT2D eigenvalue weighted by atomic mass is 19.1. The summed E-state index contributed by atoms with van der Waals surface area (Å²) in [5, 5.41) is 0. The van der Waals surface area contributed by atoms with Crippen LogP contribution in [0.25, 0.3) is 0 Å². The van der Waals surface area contributed by atoms with Gasteiger partial charge in [0.15, 0.2) is 11.6 Å². The highest BCUT2D eigenvalue weighted by Crippen LogP contribution is 2.21. The summed E-state index contributed by atoms with van der Waals surface area (Å²) in [5.41, 5.74) is 4.34. The first-order chi connectivity index (χ1) is 8.02. The van der Waals surface area contributed by atoms with Crippen molar-refractivity contribution in [2.75, 3.05) is 5.73 Å². The fraction of sp³-hybridized carbons (Fsp3) is 0.0909. The van der Waals surface area contributed by atoms with E-state index in [0.29, 0.717) is 0 Å². The Morgan fingerprint density at radius 3 is 2.71 bits per heavy atom. The van der Waals surface area contributed by atoms with Gasteiger partial charge in [-0.2, -0.15) is 0 Å². The molecule has 1 aromatic heterocycles. The summed E-state index contributed by atoms with van der Waals surface area (Å²) in [7, 11) is 1.56. The number of hydrogen-bond donors (Lipinski definition) is 1. The van der Waals surface area contributed by atoms with E-state index in [1.807, 2.05) is 0 Å². The van der Waals surface area contributed by atoms with Crippen LogP contribution in [0.3, 0.4) is 0 Å². The standard InChI is InChI=1S/C11H9F2N3O/c1-16-5-4-15-11(16)10(17)8-6(12)2-3-7(14)9(8)13/h2-5H,14H2,1H3. The van der Waals surface area contributed by atoms with Gasteiger partial charge in [-0.25, -0.2) is 13.8 Å². The van der Waals surface area contributed by atoms with E-state index in [2.05, 4.69) is 4.98 Å². The molecular weight excluding hydrogens is 228 g/mol. The number of aryl methyl sites for hydroxylation is 1. The number of carbonyl (C=O) groups is 1. The summed E-state index contributed by atoms with van der Waals surface area (Å²) in [6.45, 7) is 0. The maximum Gasteiger partial charge on any atom is 0.234 e. The maximum atomic E-state index is 13.6. The van der Waals surface area contributed by atoms with Crippen LogP contribution in [-0.4, -0.2) is 15.3 Å². The SMILES string of the molecule is Cn1ccnc1C(=O)c1c(F)ccc(N)c1F. The first-order valence-corrected chi connectivity index (χ1v) is 4.78. The van der Waals surface area contributed by atoms with Crippen LogP contribution in [0.2, 0.25) is 0 Å². The van der Waals surface area contributed by atoms with Gasteiger partial charge < -0.3 is 10.3 Å². The number of imidazole rings is 1. The zero-order valence-corrected chi connectivity index (χ0v) is 8.95. The number of nitrogens with zero attached hydrogens (tertiary/aromatic N) is 2. The van der Waals surface area contributed by atoms with Crippen molar-refractivity contribution in [2.45, 2.75) is 0 Å². The van der Waals surface area contributed by atoms with Gasteiger partial charge in [-0.1, -0.05) is 0 Å². The van der Waals surface area contributed by atoms with Gasteiger partial charge in [0.05, 0.1) is 11.3 Å². The van der Waals surface area contributed by atoms with Gasteiger partial charge in [0, 0.05) is 19.4 Å². The molecule has 1 heterocycles. The van der Waals surface area contributed by atoms with Crippen LogP contribution in [0.5, 0.6) is 0 Å². The Morgan fingerprint density at radius 1 is 1.41 bits per heavy atom. The largest absolute Gasteiger partial charge is 0.396 e. The smallest absolute Gasteiger partial charge is 0.234 e. The quantitative estimate of drug-likeness (QED) is 0.636. The minimum atomic E-state index is -1.06. The third kappa shape index (κ3) is 1.77. The maximum absolute atomic E-state index is 13.6. The second-order valence-corrected chi connectivity index (χ2v) is 3.52. The van der Waals surface area contributed by atoms with E-state index in [1.54, 1.807) is 7.05 Å². The number of nitrogen functional groups attached to an aromatic ring is 1. The molecule has 0 aliphatic carbocycles. The van der Waals surface area contributed by atoms with Crippen molar-refractivity contribution in [1.82, 2.24) is 9.55 Å². The van der Waals surface area contributed by atoms with Crippen LogP contribution < -0.4 is 5.73 Å². The zero-order chi connectivity index (χ0) is 12.6. The number of aromatic nitrogens is 2. The normalized spacial score (nSPS) is 10.5. The molecule has 0 spiro atoms. The fourth-order valence-corrected chi connectivity index (χ4v) is 1.47. The van der Waals surface area contributed by atoms with Crippen molar-refractivity contribution in [1.29, 1.82) is 0 Å². The molecule has 88 valence electrons. The highest BCUT2D eigenvalue weighted by molar-refractivity contribution is 6.07. The van der Waals surface area contributed by atoms with Gasteiger partial charge in [-0.3, -0.25) is 4.79 Å². The van der Waals surface area contributed by atoms with Gasteiger partial charge in [0.1, 0.15) is 5.82 Å². The summed E-state index contributed by atoms with van der Waals surface area (Å²) in [4.78, 5) is 15.6. The summed E-state index contributed by atoms with van der Waals surface area (Å²) < 4.78 is 28.4. The molecular formula is C11H9F2N3O. The zero-order valence-electron chi connectivity index (χ0n) is 8.95. The lowest BCUT2D eigenvalue weighted by atomic mass is 10.1. The highest BCUT2D eigenvalue weighted by Gasteiger charge is 2.23. The van der Waals surface area contributed by atoms with Crippen molar-refractivity contribution in [3.05, 3.63) is 47.5 Å². The number of benzene rings is 1. The van der Waals surface area contributed by atoms with Crippen LogP contribution in [0.1, 0.15) is 16.2 Å². The Kier molecular flexibility index (Phi) is 2.63. The Balaban J connectivity index is 2.59. The number of ketones is 1. The molecule has 0 aliphatic heterocycles. The van der Waals surface area contributed by atoms with Crippen LogP contribution >= 0.6 is 0 Å². The Labute approximate surface area is 95.7 Å². The van der Waals surface area contributed by atoms with E-state index in [1.165, 1.54) is 17.0 Å². The molecule has 0 aliphatic rings. The monoisotopic (exact) mass is 237 g/mol. The van der Waals surface area contributed by atoms with Crippen molar-refractivity contribution in [2.24, 2.45) is 7.05 Å². The lowest BCUT2D eigenvalue weighted by Crippen LogP contribution is -2.13. The lowest BCUT2D eigenvalue weighted by molar-refractivity contribution is 0.101. The average molecular weight is 237 g/mol. The number of hydrogen-bond acceptors (Lipinski definition) is 3. The van der Waals surface area contributed by atoms with Gasteiger partial charge >= 0.3 is 0 Å². The lowest BCUT2D eigenvalue weighted by Gasteiger charge is -2.06. The van der Waals surface area contributed by atoms with Gasteiger partial charge in [0.25, 0.3) is 0 Å². The molecule has 1 aromatic carbocycles. The van der Waals surface area contributed by atoms with E-state index in [4.69, 9.17) is 5.73 Å². The number of nitrogens with two attached hydrogens (primary N) is 1. The summed E-state index contributed by atoms with van der Waals surface area (Å²) in [6.07, 6.45) is 2.88. The third-order valence-corrected chi connectivity index (χ3v) is 2.37. The number of anilines is 1. The molecule has 0 atom stereocenters. The molecule has 0 amide bonds. The predicted octanol–water partition coefficient (Wildman–Crippen LogP) is 1.51. The first kappa shape index (κ1) is 11.3. The minimum absolute atomic E-state index is 0.0478. The fourth-order valence-electron chi connectivity index (χ4n) is 1.47. The molecule has 0 fully saturated rings. The number of rotatable bonds is 2. The summed E-state index contributed by atoms with van der Waals surface area (Å²) >= 11 is 0. The molecule has 0 unspecified atom stereocenters. The molecule has 2 aromatic rings. The molecule has 0 saturated carbocycles. The molecule has 4 nitrogen and oxygen atoms in total. The topological polar surface area (TPSA) is 60.9 Å². The second-order valence-electron chi connectivity index (χ2n) is 3.52. The van der Waals surface area contributed by atoms with Crippen LogP contribution in [0.15, 0.2) is 24.5 Å². The molecule has 0 saturated heterocycles. The Bertz CT molecular complexity index is 592. The van der Waals surface area contributed by atoms with Crippen LogP contribution in [-0.2, 0) is 7.05 Å². The number of halogens is 2. The molecule has 0 bridgehead atoms. The van der Waals surface area contributed by atoms with E-state index in [9.17, 15) is 13.6 Å². The Morgan fingerprint density at radius 2 is 2.12 bits per heavy atom. The van der Waals surface area contributed by atoms with E-state index >= 15 is 0 Å². The minimum Gasteiger partial charge on any atom is -0.396 e. The van der Waals surface area contributed by atoms with E-state index in [0.717, 1.165) is 12.1 Å². The molecule has 6 heteroatoms.